The third-order valence-electron chi connectivity index (χ3n) is 3.46. The molecule has 4 aromatic rings. The molecule has 0 unspecified atom stereocenters. The second kappa shape index (κ2) is 5.28. The van der Waals surface area contributed by atoms with Gasteiger partial charge in [0.1, 0.15) is 11.2 Å². The van der Waals surface area contributed by atoms with Gasteiger partial charge in [0, 0.05) is 12.4 Å². The molecule has 0 atom stereocenters. The maximum Gasteiger partial charge on any atom is 0.373 e. The summed E-state index contributed by atoms with van der Waals surface area (Å²) in [4.78, 5) is 22.4. The molecule has 4 rings (SSSR count). The number of nitro groups is 1. The lowest BCUT2D eigenvalue weighted by Crippen LogP contribution is -2.18. The molecule has 0 spiro atoms. The zero-order chi connectivity index (χ0) is 16.0. The van der Waals surface area contributed by atoms with Crippen molar-refractivity contribution in [3.05, 3.63) is 51.0 Å². The molecule has 23 heavy (non-hydrogen) atoms. The molecule has 9 heteroatoms. The first kappa shape index (κ1) is 14.1. The molecule has 0 fully saturated rings. The van der Waals surface area contributed by atoms with E-state index in [0.29, 0.717) is 17.3 Å². The van der Waals surface area contributed by atoms with Gasteiger partial charge in [0.15, 0.2) is 0 Å². The van der Waals surface area contributed by atoms with E-state index in [9.17, 15) is 10.1 Å². The van der Waals surface area contributed by atoms with Crippen LogP contribution in [0, 0.1) is 10.1 Å². The van der Waals surface area contributed by atoms with Crippen molar-refractivity contribution in [2.24, 2.45) is 0 Å². The fraction of sp³-hybridized carbons (Fsp3) is 0.143. The first-order valence-corrected chi connectivity index (χ1v) is 8.48. The van der Waals surface area contributed by atoms with Crippen LogP contribution in [0.5, 0.6) is 0 Å². The SMILES string of the molecule is CN(Cc1nc2ccccc2s1)c1nc2sccn2c1[N+](=O)[O-]. The number of fused-ring (bicyclic) bond motifs is 2. The van der Waals surface area contributed by atoms with E-state index in [2.05, 4.69) is 9.97 Å². The van der Waals surface area contributed by atoms with Crippen LogP contribution in [0.2, 0.25) is 0 Å². The summed E-state index contributed by atoms with van der Waals surface area (Å²) in [7, 11) is 1.80. The van der Waals surface area contributed by atoms with Gasteiger partial charge in [0.2, 0.25) is 5.82 Å². The Morgan fingerprint density at radius 1 is 1.35 bits per heavy atom. The third kappa shape index (κ3) is 2.34. The summed E-state index contributed by atoms with van der Waals surface area (Å²) in [5.74, 6) is 0.353. The number of rotatable bonds is 4. The minimum atomic E-state index is -0.392. The van der Waals surface area contributed by atoms with Crippen LogP contribution in [-0.4, -0.2) is 26.3 Å². The molecular formula is C14H11N5O2S2. The largest absolute Gasteiger partial charge is 0.373 e. The molecular weight excluding hydrogens is 334 g/mol. The molecule has 0 aliphatic carbocycles. The highest BCUT2D eigenvalue weighted by Gasteiger charge is 2.26. The van der Waals surface area contributed by atoms with E-state index < -0.39 is 4.92 Å². The molecule has 0 saturated carbocycles. The second-order valence-electron chi connectivity index (χ2n) is 5.00. The lowest BCUT2D eigenvalue weighted by molar-refractivity contribution is -0.389. The maximum atomic E-state index is 11.4. The van der Waals surface area contributed by atoms with Crippen molar-refractivity contribution in [3.8, 4) is 0 Å². The molecule has 0 radical (unpaired) electrons. The van der Waals surface area contributed by atoms with Crippen molar-refractivity contribution in [3.63, 3.8) is 0 Å². The standard InChI is InChI=1S/C14H11N5O2S2/c1-17(8-11-15-9-4-2-3-5-10(9)23-11)12-13(19(20)21)18-6-7-22-14(18)16-12/h2-7H,8H2,1H3. The quantitative estimate of drug-likeness (QED) is 0.417. The van der Waals surface area contributed by atoms with Gasteiger partial charge in [0.05, 0.1) is 16.8 Å². The number of benzene rings is 1. The number of thiazole rings is 2. The molecule has 0 aliphatic heterocycles. The number of anilines is 1. The smallest absolute Gasteiger partial charge is 0.358 e. The monoisotopic (exact) mass is 345 g/mol. The van der Waals surface area contributed by atoms with Gasteiger partial charge in [-0.2, -0.15) is 9.38 Å². The predicted octanol–water partition coefficient (Wildman–Crippen LogP) is 3.55. The van der Waals surface area contributed by atoms with Crippen molar-refractivity contribution >= 4 is 49.5 Å². The van der Waals surface area contributed by atoms with Crippen molar-refractivity contribution in [1.82, 2.24) is 14.4 Å². The maximum absolute atomic E-state index is 11.4. The fourth-order valence-corrected chi connectivity index (χ4v) is 4.18. The highest BCUT2D eigenvalue weighted by Crippen LogP contribution is 2.32. The van der Waals surface area contributed by atoms with E-state index in [1.54, 1.807) is 34.9 Å². The molecule has 1 aromatic carbocycles. The van der Waals surface area contributed by atoms with Crippen LogP contribution in [-0.2, 0) is 6.54 Å². The van der Waals surface area contributed by atoms with E-state index in [1.165, 1.54) is 15.7 Å². The summed E-state index contributed by atoms with van der Waals surface area (Å²) >= 11 is 2.96. The number of para-hydroxylation sites is 1. The van der Waals surface area contributed by atoms with Crippen LogP contribution in [0.3, 0.4) is 0 Å². The zero-order valence-electron chi connectivity index (χ0n) is 12.0. The van der Waals surface area contributed by atoms with Crippen LogP contribution in [0.25, 0.3) is 15.2 Å². The van der Waals surface area contributed by atoms with Crippen LogP contribution in [0.1, 0.15) is 5.01 Å². The molecule has 0 aliphatic rings. The molecule has 7 nitrogen and oxygen atoms in total. The molecule has 116 valence electrons. The summed E-state index contributed by atoms with van der Waals surface area (Å²) in [6.45, 7) is 0.477. The third-order valence-corrected chi connectivity index (χ3v) is 5.24. The highest BCUT2D eigenvalue weighted by molar-refractivity contribution is 7.18. The number of aromatic nitrogens is 3. The summed E-state index contributed by atoms with van der Waals surface area (Å²) in [6, 6.07) is 7.90. The van der Waals surface area contributed by atoms with Crippen LogP contribution >= 0.6 is 22.7 Å². The topological polar surface area (TPSA) is 76.6 Å². The Hall–Kier alpha value is -2.52. The Morgan fingerprint density at radius 2 is 2.17 bits per heavy atom. The van der Waals surface area contributed by atoms with Crippen molar-refractivity contribution in [1.29, 1.82) is 0 Å². The Balaban J connectivity index is 1.71. The highest BCUT2D eigenvalue weighted by atomic mass is 32.1. The molecule has 3 aromatic heterocycles. The molecule has 3 heterocycles. The van der Waals surface area contributed by atoms with Gasteiger partial charge in [-0.15, -0.1) is 11.3 Å². The summed E-state index contributed by atoms with van der Waals surface area (Å²) in [5, 5.41) is 14.1. The fourth-order valence-electron chi connectivity index (χ4n) is 2.45. The van der Waals surface area contributed by atoms with Crippen LogP contribution in [0.15, 0.2) is 35.8 Å². The molecule has 0 bridgehead atoms. The van der Waals surface area contributed by atoms with Gasteiger partial charge in [-0.05, 0) is 17.1 Å². The van der Waals surface area contributed by atoms with Crippen molar-refractivity contribution in [2.75, 3.05) is 11.9 Å². The van der Waals surface area contributed by atoms with Gasteiger partial charge in [0.25, 0.3) is 4.96 Å². The number of hydrogen-bond donors (Lipinski definition) is 0. The summed E-state index contributed by atoms with van der Waals surface area (Å²) < 4.78 is 2.62. The Morgan fingerprint density at radius 3 is 2.96 bits per heavy atom. The molecule has 0 N–H and O–H groups in total. The summed E-state index contributed by atoms with van der Waals surface area (Å²) in [6.07, 6.45) is 1.67. The van der Waals surface area contributed by atoms with E-state index in [4.69, 9.17) is 0 Å². The van der Waals surface area contributed by atoms with Crippen LogP contribution < -0.4 is 4.90 Å². The first-order valence-electron chi connectivity index (χ1n) is 6.79. The predicted molar refractivity (Wildman–Crippen MR) is 91.5 cm³/mol. The van der Waals surface area contributed by atoms with Gasteiger partial charge < -0.3 is 15.0 Å². The first-order chi connectivity index (χ1) is 11.1. The number of nitrogens with zero attached hydrogens (tertiary/aromatic N) is 5. The molecule has 0 amide bonds. The molecule has 0 saturated heterocycles. The van der Waals surface area contributed by atoms with Gasteiger partial charge >= 0.3 is 5.82 Å². The normalized spacial score (nSPS) is 11.3. The second-order valence-corrected chi connectivity index (χ2v) is 6.99. The zero-order valence-corrected chi connectivity index (χ0v) is 13.7. The van der Waals surface area contributed by atoms with Gasteiger partial charge in [-0.1, -0.05) is 23.5 Å². The Labute approximate surface area is 138 Å². The Kier molecular flexibility index (Phi) is 3.24. The van der Waals surface area contributed by atoms with E-state index in [1.807, 2.05) is 24.3 Å². The average molecular weight is 345 g/mol. The van der Waals surface area contributed by atoms with E-state index in [0.717, 1.165) is 15.2 Å². The summed E-state index contributed by atoms with van der Waals surface area (Å²) in [5.41, 5.74) is 0.946. The van der Waals surface area contributed by atoms with Crippen molar-refractivity contribution in [2.45, 2.75) is 6.54 Å². The minimum Gasteiger partial charge on any atom is -0.358 e. The number of hydrogen-bond acceptors (Lipinski definition) is 7. The lowest BCUT2D eigenvalue weighted by Gasteiger charge is -2.13. The average Bonchev–Trinajstić information content (AvgIpc) is 3.18. The van der Waals surface area contributed by atoms with E-state index >= 15 is 0 Å². The lowest BCUT2D eigenvalue weighted by atomic mass is 10.3. The minimum absolute atomic E-state index is 0.00939. The van der Waals surface area contributed by atoms with Crippen molar-refractivity contribution < 1.29 is 4.92 Å². The van der Waals surface area contributed by atoms with Gasteiger partial charge in [-0.25, -0.2) is 4.98 Å². The van der Waals surface area contributed by atoms with Gasteiger partial charge in [-0.3, -0.25) is 0 Å². The van der Waals surface area contributed by atoms with Crippen LogP contribution in [0.4, 0.5) is 11.6 Å². The van der Waals surface area contributed by atoms with E-state index in [-0.39, 0.29) is 5.82 Å². The number of imidazole rings is 1. The Bertz CT molecular complexity index is 986.